The molecule has 0 aliphatic carbocycles. The van der Waals surface area contributed by atoms with Gasteiger partial charge < -0.3 is 10.5 Å². The maximum atomic E-state index is 11.6. The molecule has 1 rings (SSSR count). The van der Waals surface area contributed by atoms with E-state index in [1.165, 1.54) is 0 Å². The molecule has 0 aromatic heterocycles. The summed E-state index contributed by atoms with van der Waals surface area (Å²) in [6.45, 7) is 3.02. The molecule has 0 fully saturated rings. The van der Waals surface area contributed by atoms with E-state index < -0.39 is 6.04 Å². The SMILES string of the molecule is CCOCCC(=O)C(N)Cc1ccccc1. The fraction of sp³-hybridized carbons (Fsp3) is 0.462. The third-order valence-corrected chi connectivity index (χ3v) is 2.41. The van der Waals surface area contributed by atoms with Gasteiger partial charge in [0.1, 0.15) is 0 Å². The van der Waals surface area contributed by atoms with Gasteiger partial charge in [0.25, 0.3) is 0 Å². The monoisotopic (exact) mass is 221 g/mol. The molecule has 0 spiro atoms. The van der Waals surface area contributed by atoms with Gasteiger partial charge in [0, 0.05) is 13.0 Å². The quantitative estimate of drug-likeness (QED) is 0.711. The second-order valence-electron chi connectivity index (χ2n) is 3.71. The Bertz CT molecular complexity index is 311. The third-order valence-electron chi connectivity index (χ3n) is 2.41. The molecule has 88 valence electrons. The number of nitrogens with two attached hydrogens (primary N) is 1. The van der Waals surface area contributed by atoms with Gasteiger partial charge in [-0.1, -0.05) is 30.3 Å². The fourth-order valence-corrected chi connectivity index (χ4v) is 1.48. The van der Waals surface area contributed by atoms with Gasteiger partial charge in [0.2, 0.25) is 0 Å². The molecule has 0 heterocycles. The van der Waals surface area contributed by atoms with E-state index in [4.69, 9.17) is 10.5 Å². The molecule has 0 aliphatic rings. The van der Waals surface area contributed by atoms with Gasteiger partial charge in [0.05, 0.1) is 12.6 Å². The van der Waals surface area contributed by atoms with Crippen LogP contribution in [-0.4, -0.2) is 25.0 Å². The van der Waals surface area contributed by atoms with Crippen molar-refractivity contribution in [2.24, 2.45) is 5.73 Å². The van der Waals surface area contributed by atoms with Crippen molar-refractivity contribution in [1.82, 2.24) is 0 Å². The van der Waals surface area contributed by atoms with Crippen molar-refractivity contribution in [3.05, 3.63) is 35.9 Å². The lowest BCUT2D eigenvalue weighted by Crippen LogP contribution is -2.33. The first kappa shape index (κ1) is 12.9. The van der Waals surface area contributed by atoms with Gasteiger partial charge in [-0.25, -0.2) is 0 Å². The first-order chi connectivity index (χ1) is 7.74. The minimum atomic E-state index is -0.414. The number of carbonyl (C=O) groups excluding carboxylic acids is 1. The highest BCUT2D eigenvalue weighted by atomic mass is 16.5. The van der Waals surface area contributed by atoms with E-state index in [0.29, 0.717) is 26.1 Å². The number of carbonyl (C=O) groups is 1. The normalized spacial score (nSPS) is 12.4. The second-order valence-corrected chi connectivity index (χ2v) is 3.71. The van der Waals surface area contributed by atoms with Gasteiger partial charge in [-0.2, -0.15) is 0 Å². The molecule has 1 aromatic rings. The maximum absolute atomic E-state index is 11.6. The average molecular weight is 221 g/mol. The van der Waals surface area contributed by atoms with Crippen molar-refractivity contribution in [1.29, 1.82) is 0 Å². The molecule has 0 radical (unpaired) electrons. The first-order valence-electron chi connectivity index (χ1n) is 5.64. The Morgan fingerprint density at radius 3 is 2.69 bits per heavy atom. The van der Waals surface area contributed by atoms with Crippen LogP contribution in [0, 0.1) is 0 Å². The Kier molecular flexibility index (Phi) is 5.75. The van der Waals surface area contributed by atoms with Crippen molar-refractivity contribution >= 4 is 5.78 Å². The largest absolute Gasteiger partial charge is 0.381 e. The summed E-state index contributed by atoms with van der Waals surface area (Å²) >= 11 is 0. The Morgan fingerprint density at radius 1 is 1.38 bits per heavy atom. The molecular formula is C13H19NO2. The number of hydrogen-bond donors (Lipinski definition) is 1. The fourth-order valence-electron chi connectivity index (χ4n) is 1.48. The van der Waals surface area contributed by atoms with Crippen molar-refractivity contribution in [3.8, 4) is 0 Å². The summed E-state index contributed by atoms with van der Waals surface area (Å²) < 4.78 is 5.13. The van der Waals surface area contributed by atoms with E-state index in [9.17, 15) is 4.79 Å². The van der Waals surface area contributed by atoms with Crippen molar-refractivity contribution in [3.63, 3.8) is 0 Å². The van der Waals surface area contributed by atoms with E-state index in [-0.39, 0.29) is 5.78 Å². The minimum Gasteiger partial charge on any atom is -0.381 e. The predicted octanol–water partition coefficient (Wildman–Crippen LogP) is 1.55. The van der Waals surface area contributed by atoms with E-state index >= 15 is 0 Å². The number of Topliss-reactive ketones (excluding diaryl/α,β-unsaturated/α-hetero) is 1. The van der Waals surface area contributed by atoms with Crippen LogP contribution in [0.3, 0.4) is 0 Å². The number of hydrogen-bond acceptors (Lipinski definition) is 3. The van der Waals surface area contributed by atoms with E-state index in [2.05, 4.69) is 0 Å². The molecule has 1 unspecified atom stereocenters. The molecule has 0 saturated heterocycles. The second kappa shape index (κ2) is 7.14. The molecule has 0 saturated carbocycles. The van der Waals surface area contributed by atoms with E-state index in [1.807, 2.05) is 37.3 Å². The molecule has 0 aliphatic heterocycles. The highest BCUT2D eigenvalue weighted by Crippen LogP contribution is 2.03. The summed E-state index contributed by atoms with van der Waals surface area (Å²) in [4.78, 5) is 11.6. The maximum Gasteiger partial charge on any atom is 0.152 e. The summed E-state index contributed by atoms with van der Waals surface area (Å²) in [5.74, 6) is 0.0669. The lowest BCUT2D eigenvalue weighted by Gasteiger charge is -2.10. The summed E-state index contributed by atoms with van der Waals surface area (Å²) in [6, 6.07) is 9.40. The molecule has 3 heteroatoms. The van der Waals surface area contributed by atoms with Crippen LogP contribution in [-0.2, 0) is 16.0 Å². The van der Waals surface area contributed by atoms with Crippen LogP contribution in [0.1, 0.15) is 18.9 Å². The average Bonchev–Trinajstić information content (AvgIpc) is 2.30. The molecule has 16 heavy (non-hydrogen) atoms. The van der Waals surface area contributed by atoms with Crippen LogP contribution in [0.15, 0.2) is 30.3 Å². The summed E-state index contributed by atoms with van der Waals surface area (Å²) in [7, 11) is 0. The van der Waals surface area contributed by atoms with Crippen LogP contribution in [0.25, 0.3) is 0 Å². The highest BCUT2D eigenvalue weighted by molar-refractivity contribution is 5.84. The summed E-state index contributed by atoms with van der Waals surface area (Å²) in [5, 5.41) is 0. The van der Waals surface area contributed by atoms with Crippen LogP contribution < -0.4 is 5.73 Å². The number of ketones is 1. The Hall–Kier alpha value is -1.19. The van der Waals surface area contributed by atoms with Crippen LogP contribution >= 0.6 is 0 Å². The Labute approximate surface area is 96.6 Å². The highest BCUT2D eigenvalue weighted by Gasteiger charge is 2.13. The number of ether oxygens (including phenoxy) is 1. The van der Waals surface area contributed by atoms with Crippen LogP contribution in [0.4, 0.5) is 0 Å². The van der Waals surface area contributed by atoms with Crippen molar-refractivity contribution in [2.45, 2.75) is 25.8 Å². The minimum absolute atomic E-state index is 0.0669. The Morgan fingerprint density at radius 2 is 2.06 bits per heavy atom. The standard InChI is InChI=1S/C13H19NO2/c1-2-16-9-8-13(15)12(14)10-11-6-4-3-5-7-11/h3-7,12H,2,8-10,14H2,1H3. The lowest BCUT2D eigenvalue weighted by molar-refractivity contribution is -0.121. The lowest BCUT2D eigenvalue weighted by atomic mass is 10.0. The summed E-state index contributed by atoms with van der Waals surface area (Å²) in [6.07, 6.45) is 1.01. The van der Waals surface area contributed by atoms with E-state index in [1.54, 1.807) is 0 Å². The molecule has 0 amide bonds. The van der Waals surface area contributed by atoms with Crippen molar-refractivity contribution < 1.29 is 9.53 Å². The number of rotatable bonds is 7. The summed E-state index contributed by atoms with van der Waals surface area (Å²) in [5.41, 5.74) is 6.92. The zero-order valence-corrected chi connectivity index (χ0v) is 9.69. The number of benzene rings is 1. The molecule has 1 atom stereocenters. The predicted molar refractivity (Wildman–Crippen MR) is 64.2 cm³/mol. The van der Waals surface area contributed by atoms with Gasteiger partial charge in [-0.05, 0) is 18.9 Å². The molecule has 2 N–H and O–H groups in total. The van der Waals surface area contributed by atoms with Gasteiger partial charge in [-0.3, -0.25) is 4.79 Å². The Balaban J connectivity index is 2.34. The molecular weight excluding hydrogens is 202 g/mol. The first-order valence-corrected chi connectivity index (χ1v) is 5.64. The molecule has 0 bridgehead atoms. The zero-order valence-electron chi connectivity index (χ0n) is 9.69. The van der Waals surface area contributed by atoms with Crippen molar-refractivity contribution in [2.75, 3.05) is 13.2 Å². The molecule has 1 aromatic carbocycles. The zero-order chi connectivity index (χ0) is 11.8. The smallest absolute Gasteiger partial charge is 0.152 e. The van der Waals surface area contributed by atoms with Crippen LogP contribution in [0.5, 0.6) is 0 Å². The topological polar surface area (TPSA) is 52.3 Å². The molecule has 3 nitrogen and oxygen atoms in total. The third kappa shape index (κ3) is 4.55. The van der Waals surface area contributed by atoms with E-state index in [0.717, 1.165) is 5.56 Å². The van der Waals surface area contributed by atoms with Gasteiger partial charge in [-0.15, -0.1) is 0 Å². The van der Waals surface area contributed by atoms with Gasteiger partial charge >= 0.3 is 0 Å². The van der Waals surface area contributed by atoms with Crippen LogP contribution in [0.2, 0.25) is 0 Å². The van der Waals surface area contributed by atoms with Gasteiger partial charge in [0.15, 0.2) is 5.78 Å².